The van der Waals surface area contributed by atoms with Gasteiger partial charge in [0.25, 0.3) is 0 Å². The Morgan fingerprint density at radius 1 is 1.14 bits per heavy atom. The summed E-state index contributed by atoms with van der Waals surface area (Å²) in [5.74, 6) is 0.350. The lowest BCUT2D eigenvalue weighted by molar-refractivity contribution is 0.0994. The Hall–Kier alpha value is -2.22. The molecule has 0 saturated carbocycles. The highest BCUT2D eigenvalue weighted by molar-refractivity contribution is 8.00. The molecule has 0 aliphatic rings. The van der Waals surface area contributed by atoms with E-state index in [4.69, 9.17) is 11.6 Å². The number of ketones is 1. The van der Waals surface area contributed by atoms with Crippen LogP contribution >= 0.6 is 23.4 Å². The molecule has 1 aromatic heterocycles. The number of carbonyl (C=O) groups excluding carboxylic acids is 1. The lowest BCUT2D eigenvalue weighted by atomic mass is 10.1. The SMILES string of the molecule is C[C@H](Sc1nnc([C@H](C)N(C)C)n1-c1ccc(F)cc1)C(=O)c1cccc(Cl)c1. The van der Waals surface area contributed by atoms with Crippen LogP contribution in [0.15, 0.2) is 53.7 Å². The van der Waals surface area contributed by atoms with Crippen molar-refractivity contribution in [2.75, 3.05) is 14.1 Å². The van der Waals surface area contributed by atoms with Crippen molar-refractivity contribution in [3.05, 3.63) is 70.8 Å². The maximum Gasteiger partial charge on any atom is 0.196 e. The predicted octanol–water partition coefficient (Wildman–Crippen LogP) is 5.05. The van der Waals surface area contributed by atoms with Crippen molar-refractivity contribution in [1.29, 1.82) is 0 Å². The van der Waals surface area contributed by atoms with Crippen molar-refractivity contribution in [3.8, 4) is 5.69 Å². The number of thioether (sulfide) groups is 1. The van der Waals surface area contributed by atoms with E-state index in [9.17, 15) is 9.18 Å². The topological polar surface area (TPSA) is 51.0 Å². The van der Waals surface area contributed by atoms with Gasteiger partial charge in [0.1, 0.15) is 5.82 Å². The summed E-state index contributed by atoms with van der Waals surface area (Å²) in [6.45, 7) is 3.84. The van der Waals surface area contributed by atoms with Gasteiger partial charge in [-0.2, -0.15) is 0 Å². The zero-order valence-corrected chi connectivity index (χ0v) is 18.2. The van der Waals surface area contributed by atoms with Gasteiger partial charge in [0, 0.05) is 16.3 Å². The highest BCUT2D eigenvalue weighted by Gasteiger charge is 2.25. The lowest BCUT2D eigenvalue weighted by Crippen LogP contribution is -2.21. The molecule has 0 spiro atoms. The van der Waals surface area contributed by atoms with Gasteiger partial charge in [-0.15, -0.1) is 10.2 Å². The molecular weight excluding hydrogens is 411 g/mol. The van der Waals surface area contributed by atoms with Gasteiger partial charge >= 0.3 is 0 Å². The summed E-state index contributed by atoms with van der Waals surface area (Å²) in [6.07, 6.45) is 0. The van der Waals surface area contributed by atoms with Gasteiger partial charge in [-0.3, -0.25) is 14.3 Å². The number of halogens is 2. The van der Waals surface area contributed by atoms with Crippen molar-refractivity contribution >= 4 is 29.1 Å². The van der Waals surface area contributed by atoms with E-state index in [0.717, 1.165) is 5.69 Å². The molecule has 29 heavy (non-hydrogen) atoms. The molecule has 2 aromatic carbocycles. The van der Waals surface area contributed by atoms with Crippen LogP contribution in [0.4, 0.5) is 4.39 Å². The third-order valence-corrected chi connectivity index (χ3v) is 5.93. The van der Waals surface area contributed by atoms with Crippen molar-refractivity contribution in [3.63, 3.8) is 0 Å². The predicted molar refractivity (Wildman–Crippen MR) is 115 cm³/mol. The van der Waals surface area contributed by atoms with Crippen molar-refractivity contribution in [2.24, 2.45) is 0 Å². The fourth-order valence-electron chi connectivity index (χ4n) is 2.78. The quantitative estimate of drug-likeness (QED) is 0.386. The molecule has 0 radical (unpaired) electrons. The zero-order valence-electron chi connectivity index (χ0n) is 16.6. The molecule has 3 aromatic rings. The second-order valence-electron chi connectivity index (χ2n) is 6.93. The summed E-state index contributed by atoms with van der Waals surface area (Å²) >= 11 is 7.33. The van der Waals surface area contributed by atoms with E-state index in [2.05, 4.69) is 10.2 Å². The Bertz CT molecular complexity index is 1010. The maximum absolute atomic E-state index is 13.4. The third kappa shape index (κ3) is 4.86. The first-order valence-electron chi connectivity index (χ1n) is 9.12. The maximum atomic E-state index is 13.4. The van der Waals surface area contributed by atoms with E-state index < -0.39 is 5.25 Å². The van der Waals surface area contributed by atoms with E-state index in [1.54, 1.807) is 36.4 Å². The summed E-state index contributed by atoms with van der Waals surface area (Å²) < 4.78 is 15.3. The van der Waals surface area contributed by atoms with Gasteiger partial charge < -0.3 is 0 Å². The molecule has 5 nitrogen and oxygen atoms in total. The highest BCUT2D eigenvalue weighted by Crippen LogP contribution is 2.30. The molecule has 0 saturated heterocycles. The molecular formula is C21H22ClFN4OS. The highest BCUT2D eigenvalue weighted by atomic mass is 35.5. The molecule has 152 valence electrons. The van der Waals surface area contributed by atoms with Crippen LogP contribution in [-0.4, -0.2) is 44.8 Å². The Morgan fingerprint density at radius 3 is 2.45 bits per heavy atom. The molecule has 0 fully saturated rings. The number of Topliss-reactive ketones (excluding diaryl/α,β-unsaturated/α-hetero) is 1. The number of carbonyl (C=O) groups is 1. The second kappa shape index (κ2) is 9.07. The zero-order chi connectivity index (χ0) is 21.1. The van der Waals surface area contributed by atoms with Gasteiger partial charge in [-0.1, -0.05) is 35.5 Å². The van der Waals surface area contributed by atoms with E-state index in [-0.39, 0.29) is 17.6 Å². The van der Waals surface area contributed by atoms with Crippen molar-refractivity contribution < 1.29 is 9.18 Å². The van der Waals surface area contributed by atoms with Crippen LogP contribution in [0.2, 0.25) is 5.02 Å². The van der Waals surface area contributed by atoms with Crippen LogP contribution in [0.25, 0.3) is 5.69 Å². The van der Waals surface area contributed by atoms with E-state index >= 15 is 0 Å². The second-order valence-corrected chi connectivity index (χ2v) is 8.67. The van der Waals surface area contributed by atoms with E-state index in [0.29, 0.717) is 21.6 Å². The average molecular weight is 433 g/mol. The smallest absolute Gasteiger partial charge is 0.196 e. The summed E-state index contributed by atoms with van der Waals surface area (Å²) in [5, 5.41) is 9.38. The summed E-state index contributed by atoms with van der Waals surface area (Å²) in [4.78, 5) is 14.9. The molecule has 0 amide bonds. The minimum atomic E-state index is -0.403. The molecule has 0 N–H and O–H groups in total. The monoisotopic (exact) mass is 432 g/mol. The number of rotatable bonds is 7. The molecule has 1 heterocycles. The Labute approximate surface area is 178 Å². The van der Waals surface area contributed by atoms with Crippen molar-refractivity contribution in [1.82, 2.24) is 19.7 Å². The van der Waals surface area contributed by atoms with Gasteiger partial charge in [-0.05, 0) is 64.3 Å². The number of benzene rings is 2. The molecule has 0 aliphatic carbocycles. The van der Waals surface area contributed by atoms with Crippen molar-refractivity contribution in [2.45, 2.75) is 30.3 Å². The minimum absolute atomic E-state index is 0.0270. The van der Waals surface area contributed by atoms with Gasteiger partial charge in [-0.25, -0.2) is 4.39 Å². The van der Waals surface area contributed by atoms with Gasteiger partial charge in [0.2, 0.25) is 0 Å². The number of hydrogen-bond acceptors (Lipinski definition) is 5. The number of hydrogen-bond donors (Lipinski definition) is 0. The first kappa shape index (κ1) is 21.5. The molecule has 0 bridgehead atoms. The van der Waals surface area contributed by atoms with Gasteiger partial charge in [0.05, 0.1) is 11.3 Å². The Morgan fingerprint density at radius 2 is 1.83 bits per heavy atom. The fraction of sp³-hybridized carbons (Fsp3) is 0.286. The van der Waals surface area contributed by atoms with E-state index in [1.165, 1.54) is 23.9 Å². The number of nitrogens with zero attached hydrogens (tertiary/aromatic N) is 4. The normalized spacial score (nSPS) is 13.5. The minimum Gasteiger partial charge on any atom is -0.300 e. The molecule has 0 aliphatic heterocycles. The first-order chi connectivity index (χ1) is 13.8. The molecule has 2 atom stereocenters. The van der Waals surface area contributed by atoms with E-state index in [1.807, 2.05) is 37.4 Å². The third-order valence-electron chi connectivity index (χ3n) is 4.65. The standard InChI is InChI=1S/C21H22ClFN4OS/c1-13(26(3)4)20-24-25-21(27(20)18-10-8-17(23)9-11-18)29-14(2)19(28)15-6-5-7-16(22)12-15/h5-14H,1-4H3/t13-,14-/m0/s1. The van der Waals surface area contributed by atoms with Crippen LogP contribution < -0.4 is 0 Å². The van der Waals surface area contributed by atoms with Crippen LogP contribution in [0.5, 0.6) is 0 Å². The van der Waals surface area contributed by atoms with Gasteiger partial charge in [0.15, 0.2) is 16.8 Å². The lowest BCUT2D eigenvalue weighted by Gasteiger charge is -2.21. The van der Waals surface area contributed by atoms with Crippen LogP contribution in [0.1, 0.15) is 36.1 Å². The summed E-state index contributed by atoms with van der Waals surface area (Å²) in [7, 11) is 3.90. The van der Waals surface area contributed by atoms with Crippen LogP contribution in [0, 0.1) is 5.82 Å². The first-order valence-corrected chi connectivity index (χ1v) is 10.4. The molecule has 3 rings (SSSR count). The Kier molecular flexibility index (Phi) is 6.72. The summed E-state index contributed by atoms with van der Waals surface area (Å²) in [6, 6.07) is 13.0. The largest absolute Gasteiger partial charge is 0.300 e. The average Bonchev–Trinajstić information content (AvgIpc) is 3.10. The molecule has 8 heteroatoms. The fourth-order valence-corrected chi connectivity index (χ4v) is 3.92. The van der Waals surface area contributed by atoms with Crippen LogP contribution in [-0.2, 0) is 0 Å². The summed E-state index contributed by atoms with van der Waals surface area (Å²) in [5.41, 5.74) is 1.29. The molecule has 0 unspecified atom stereocenters. The number of aromatic nitrogens is 3. The Balaban J connectivity index is 1.96. The van der Waals surface area contributed by atoms with Crippen LogP contribution in [0.3, 0.4) is 0 Å².